The van der Waals surface area contributed by atoms with Gasteiger partial charge in [0.2, 0.25) is 5.91 Å². The Kier molecular flexibility index (Phi) is 4.42. The highest BCUT2D eigenvalue weighted by Gasteiger charge is 2.19. The summed E-state index contributed by atoms with van der Waals surface area (Å²) >= 11 is 7.17. The summed E-state index contributed by atoms with van der Waals surface area (Å²) in [6.07, 6.45) is 2.53. The van der Waals surface area contributed by atoms with Crippen LogP contribution in [0.5, 0.6) is 0 Å². The highest BCUT2D eigenvalue weighted by molar-refractivity contribution is 7.16. The standard InChI is InChI=1S/C12H16ClNO2S/c13-11-5-4-10(17-11)9(15)3-6-12(16)14-7-1-2-8-14/h4-5,9,15H,1-3,6-8H2. The first-order chi connectivity index (χ1) is 8.16. The van der Waals surface area contributed by atoms with Gasteiger partial charge in [-0.2, -0.15) is 0 Å². The number of rotatable bonds is 4. The molecule has 5 heteroatoms. The van der Waals surface area contributed by atoms with Gasteiger partial charge >= 0.3 is 0 Å². The smallest absolute Gasteiger partial charge is 0.222 e. The van der Waals surface area contributed by atoms with E-state index >= 15 is 0 Å². The quantitative estimate of drug-likeness (QED) is 0.916. The number of likely N-dealkylation sites (tertiary alicyclic amines) is 1. The third-order valence-electron chi connectivity index (χ3n) is 3.01. The molecule has 94 valence electrons. The van der Waals surface area contributed by atoms with Crippen LogP contribution in [0.4, 0.5) is 0 Å². The largest absolute Gasteiger partial charge is 0.388 e. The van der Waals surface area contributed by atoms with Gasteiger partial charge in [0.05, 0.1) is 10.4 Å². The molecule has 1 aromatic heterocycles. The lowest BCUT2D eigenvalue weighted by Crippen LogP contribution is -2.27. The average Bonchev–Trinajstić information content (AvgIpc) is 2.95. The number of thiophene rings is 1. The maximum atomic E-state index is 11.8. The van der Waals surface area contributed by atoms with Gasteiger partial charge in [-0.05, 0) is 31.4 Å². The lowest BCUT2D eigenvalue weighted by molar-refractivity contribution is -0.130. The number of aliphatic hydroxyl groups excluding tert-OH is 1. The monoisotopic (exact) mass is 273 g/mol. The zero-order valence-electron chi connectivity index (χ0n) is 9.56. The third-order valence-corrected chi connectivity index (χ3v) is 4.35. The van der Waals surface area contributed by atoms with Crippen LogP contribution < -0.4 is 0 Å². The maximum absolute atomic E-state index is 11.8. The second-order valence-corrected chi connectivity index (χ2v) is 6.03. The SMILES string of the molecule is O=C(CCC(O)c1ccc(Cl)s1)N1CCCC1. The van der Waals surface area contributed by atoms with Crippen molar-refractivity contribution in [2.24, 2.45) is 0 Å². The minimum Gasteiger partial charge on any atom is -0.388 e. The van der Waals surface area contributed by atoms with Crippen LogP contribution >= 0.6 is 22.9 Å². The number of nitrogens with zero attached hydrogens (tertiary/aromatic N) is 1. The van der Waals surface area contributed by atoms with E-state index in [2.05, 4.69) is 0 Å². The van der Waals surface area contributed by atoms with Gasteiger partial charge in [-0.3, -0.25) is 4.79 Å². The van der Waals surface area contributed by atoms with E-state index in [1.54, 1.807) is 6.07 Å². The van der Waals surface area contributed by atoms with Crippen molar-refractivity contribution in [1.29, 1.82) is 0 Å². The molecule has 2 rings (SSSR count). The van der Waals surface area contributed by atoms with Crippen LogP contribution in [-0.2, 0) is 4.79 Å². The van der Waals surface area contributed by atoms with Gasteiger partial charge in [0.25, 0.3) is 0 Å². The van der Waals surface area contributed by atoms with E-state index in [1.807, 2.05) is 11.0 Å². The molecule has 1 aromatic rings. The molecule has 0 aliphatic carbocycles. The Bertz CT molecular complexity index is 388. The lowest BCUT2D eigenvalue weighted by atomic mass is 10.1. The van der Waals surface area contributed by atoms with Crippen molar-refractivity contribution in [2.75, 3.05) is 13.1 Å². The number of halogens is 1. The molecule has 17 heavy (non-hydrogen) atoms. The first-order valence-electron chi connectivity index (χ1n) is 5.88. The van der Waals surface area contributed by atoms with E-state index in [9.17, 15) is 9.90 Å². The van der Waals surface area contributed by atoms with Gasteiger partial charge in [0, 0.05) is 24.4 Å². The van der Waals surface area contributed by atoms with Crippen LogP contribution in [0.25, 0.3) is 0 Å². The Morgan fingerprint density at radius 1 is 1.47 bits per heavy atom. The first kappa shape index (κ1) is 12.9. The highest BCUT2D eigenvalue weighted by Crippen LogP contribution is 2.29. The molecular formula is C12H16ClNO2S. The van der Waals surface area contributed by atoms with E-state index in [0.29, 0.717) is 17.2 Å². The number of amides is 1. The number of carbonyl (C=O) groups is 1. The van der Waals surface area contributed by atoms with Gasteiger partial charge in [-0.25, -0.2) is 0 Å². The molecule has 0 spiro atoms. The van der Waals surface area contributed by atoms with E-state index in [4.69, 9.17) is 11.6 Å². The summed E-state index contributed by atoms with van der Waals surface area (Å²) in [6, 6.07) is 3.59. The predicted octanol–water partition coefficient (Wildman–Crippen LogP) is 2.84. The Hall–Kier alpha value is -0.580. The minimum atomic E-state index is -0.570. The second kappa shape index (κ2) is 5.85. The van der Waals surface area contributed by atoms with Crippen molar-refractivity contribution in [3.05, 3.63) is 21.3 Å². The summed E-state index contributed by atoms with van der Waals surface area (Å²) in [5, 5.41) is 9.91. The molecule has 1 atom stereocenters. The number of hydrogen-bond acceptors (Lipinski definition) is 3. The summed E-state index contributed by atoms with van der Waals surface area (Å²) in [6.45, 7) is 1.75. The molecule has 1 saturated heterocycles. The van der Waals surface area contributed by atoms with Gasteiger partial charge in [0.1, 0.15) is 0 Å². The van der Waals surface area contributed by atoms with Crippen molar-refractivity contribution >= 4 is 28.8 Å². The maximum Gasteiger partial charge on any atom is 0.222 e. The molecule has 2 heterocycles. The summed E-state index contributed by atoms with van der Waals surface area (Å²) in [4.78, 5) is 14.5. The van der Waals surface area contributed by atoms with E-state index in [0.717, 1.165) is 30.8 Å². The zero-order chi connectivity index (χ0) is 12.3. The molecule has 0 bridgehead atoms. The molecule has 3 nitrogen and oxygen atoms in total. The normalized spacial score (nSPS) is 17.4. The van der Waals surface area contributed by atoms with Crippen molar-refractivity contribution in [3.8, 4) is 0 Å². The van der Waals surface area contributed by atoms with E-state index in [1.165, 1.54) is 11.3 Å². The second-order valence-electron chi connectivity index (χ2n) is 4.28. The number of hydrogen-bond donors (Lipinski definition) is 1. The van der Waals surface area contributed by atoms with Crippen molar-refractivity contribution in [3.63, 3.8) is 0 Å². The van der Waals surface area contributed by atoms with Crippen LogP contribution in [0, 0.1) is 0 Å². The third kappa shape index (κ3) is 3.44. The van der Waals surface area contributed by atoms with Crippen molar-refractivity contribution in [1.82, 2.24) is 4.90 Å². The van der Waals surface area contributed by atoms with E-state index in [-0.39, 0.29) is 5.91 Å². The molecule has 1 aliphatic heterocycles. The lowest BCUT2D eigenvalue weighted by Gasteiger charge is -2.16. The first-order valence-corrected chi connectivity index (χ1v) is 7.07. The van der Waals surface area contributed by atoms with Gasteiger partial charge in [0.15, 0.2) is 0 Å². The highest BCUT2D eigenvalue weighted by atomic mass is 35.5. The van der Waals surface area contributed by atoms with Crippen molar-refractivity contribution < 1.29 is 9.90 Å². The van der Waals surface area contributed by atoms with Crippen LogP contribution in [0.3, 0.4) is 0 Å². The number of aliphatic hydroxyl groups is 1. The molecule has 0 saturated carbocycles. The summed E-state index contributed by atoms with van der Waals surface area (Å²) < 4.78 is 0.671. The fourth-order valence-electron chi connectivity index (χ4n) is 2.03. The fourth-order valence-corrected chi connectivity index (χ4v) is 3.12. The van der Waals surface area contributed by atoms with Crippen molar-refractivity contribution in [2.45, 2.75) is 31.8 Å². The molecule has 1 N–H and O–H groups in total. The fraction of sp³-hybridized carbons (Fsp3) is 0.583. The minimum absolute atomic E-state index is 0.157. The predicted molar refractivity (Wildman–Crippen MR) is 69.3 cm³/mol. The van der Waals surface area contributed by atoms with Gasteiger partial charge in [-0.15, -0.1) is 11.3 Å². The number of carbonyl (C=O) groups excluding carboxylic acids is 1. The Labute approximate surface area is 110 Å². The molecule has 1 fully saturated rings. The molecule has 1 amide bonds. The van der Waals surface area contributed by atoms with E-state index < -0.39 is 6.10 Å². The Balaban J connectivity index is 1.79. The van der Waals surface area contributed by atoms with Crippen LogP contribution in [0.2, 0.25) is 4.34 Å². The molecule has 0 radical (unpaired) electrons. The molecule has 1 aliphatic rings. The molecular weight excluding hydrogens is 258 g/mol. The van der Waals surface area contributed by atoms with Gasteiger partial charge < -0.3 is 10.0 Å². The van der Waals surface area contributed by atoms with Crippen LogP contribution in [0.15, 0.2) is 12.1 Å². The Morgan fingerprint density at radius 2 is 2.18 bits per heavy atom. The zero-order valence-corrected chi connectivity index (χ0v) is 11.1. The Morgan fingerprint density at radius 3 is 2.76 bits per heavy atom. The summed E-state index contributed by atoms with van der Waals surface area (Å²) in [7, 11) is 0. The molecule has 0 aromatic carbocycles. The average molecular weight is 274 g/mol. The van der Waals surface area contributed by atoms with Gasteiger partial charge in [-0.1, -0.05) is 11.6 Å². The van der Waals surface area contributed by atoms with Crippen LogP contribution in [0.1, 0.15) is 36.7 Å². The summed E-state index contributed by atoms with van der Waals surface area (Å²) in [5.74, 6) is 0.157. The van der Waals surface area contributed by atoms with Crippen LogP contribution in [-0.4, -0.2) is 29.0 Å². The molecule has 1 unspecified atom stereocenters. The summed E-state index contributed by atoms with van der Waals surface area (Å²) in [5.41, 5.74) is 0. The topological polar surface area (TPSA) is 40.5 Å².